The van der Waals surface area contributed by atoms with E-state index >= 15 is 0 Å². The summed E-state index contributed by atoms with van der Waals surface area (Å²) in [6.45, 7) is 5.74. The van der Waals surface area contributed by atoms with Crippen LogP contribution in [0.15, 0.2) is 30.6 Å². The summed E-state index contributed by atoms with van der Waals surface area (Å²) in [4.78, 5) is 16.6. The molecule has 29 heavy (non-hydrogen) atoms. The molecule has 7 nitrogen and oxygen atoms in total. The lowest BCUT2D eigenvalue weighted by Gasteiger charge is -2.12. The molecule has 0 radical (unpaired) electrons. The minimum absolute atomic E-state index is 0.0493. The molecule has 0 bridgehead atoms. The Morgan fingerprint density at radius 2 is 1.72 bits per heavy atom. The predicted molar refractivity (Wildman–Crippen MR) is 108 cm³/mol. The maximum atomic E-state index is 14.8. The number of nitrogens with zero attached hydrogens (tertiary/aromatic N) is 5. The molecule has 0 atom stereocenters. The number of aryl methyl sites for hydroxylation is 1. The molecule has 3 aromatic heterocycles. The summed E-state index contributed by atoms with van der Waals surface area (Å²) in [5, 5.41) is 0. The molecular weight excluding hydrogens is 376 g/mol. The highest BCUT2D eigenvalue weighted by Crippen LogP contribution is 2.31. The Morgan fingerprint density at radius 3 is 2.45 bits per heavy atom. The van der Waals surface area contributed by atoms with Gasteiger partial charge < -0.3 is 16.0 Å². The molecule has 0 fully saturated rings. The third-order valence-electron chi connectivity index (χ3n) is 4.64. The van der Waals surface area contributed by atoms with Crippen LogP contribution in [0.1, 0.15) is 25.7 Å². The molecule has 0 aliphatic heterocycles. The first-order chi connectivity index (χ1) is 13.8. The quantitative estimate of drug-likeness (QED) is 0.545. The third kappa shape index (κ3) is 3.14. The SMILES string of the molecule is Cc1nc2c(F)cc(-c3nc(-c4cc(N)cnc4N)ncc3F)cc2n1C(C)C. The number of fused-ring (bicyclic) bond motifs is 1. The Bertz CT molecular complexity index is 1250. The minimum atomic E-state index is -0.685. The molecule has 0 saturated heterocycles. The lowest BCUT2D eigenvalue weighted by atomic mass is 10.1. The summed E-state index contributed by atoms with van der Waals surface area (Å²) in [5.41, 5.74) is 13.4. The summed E-state index contributed by atoms with van der Waals surface area (Å²) in [6, 6.07) is 4.50. The zero-order chi connectivity index (χ0) is 20.9. The molecule has 0 aliphatic rings. The van der Waals surface area contributed by atoms with Crippen LogP contribution in [0.25, 0.3) is 33.7 Å². The van der Waals surface area contributed by atoms with Crippen LogP contribution in [0.2, 0.25) is 0 Å². The van der Waals surface area contributed by atoms with Crippen molar-refractivity contribution in [3.05, 3.63) is 48.1 Å². The van der Waals surface area contributed by atoms with Crippen LogP contribution in [0.3, 0.4) is 0 Å². The minimum Gasteiger partial charge on any atom is -0.397 e. The predicted octanol–water partition coefficient (Wildman–Crippen LogP) is 3.89. The molecule has 9 heteroatoms. The van der Waals surface area contributed by atoms with Crippen LogP contribution in [0.5, 0.6) is 0 Å². The zero-order valence-electron chi connectivity index (χ0n) is 16.1. The van der Waals surface area contributed by atoms with Crippen molar-refractivity contribution in [3.63, 3.8) is 0 Å². The fourth-order valence-electron chi connectivity index (χ4n) is 3.43. The van der Waals surface area contributed by atoms with E-state index in [1.165, 1.54) is 12.3 Å². The normalized spacial score (nSPS) is 11.5. The summed E-state index contributed by atoms with van der Waals surface area (Å²) in [5.74, 6) is -0.256. The summed E-state index contributed by atoms with van der Waals surface area (Å²) < 4.78 is 31.3. The molecule has 4 N–H and O–H groups in total. The average molecular weight is 395 g/mol. The number of benzene rings is 1. The lowest BCUT2D eigenvalue weighted by Crippen LogP contribution is -2.03. The Hall–Kier alpha value is -3.62. The number of nitrogen functional groups attached to an aromatic ring is 2. The van der Waals surface area contributed by atoms with Crippen LogP contribution in [-0.4, -0.2) is 24.5 Å². The van der Waals surface area contributed by atoms with Crippen molar-refractivity contribution in [2.75, 3.05) is 11.5 Å². The van der Waals surface area contributed by atoms with E-state index in [1.54, 1.807) is 19.1 Å². The van der Waals surface area contributed by atoms with Gasteiger partial charge in [0.25, 0.3) is 0 Å². The fourth-order valence-corrected chi connectivity index (χ4v) is 3.43. The number of hydrogen-bond acceptors (Lipinski definition) is 6. The maximum Gasteiger partial charge on any atom is 0.167 e. The summed E-state index contributed by atoms with van der Waals surface area (Å²) in [7, 11) is 0. The standard InChI is InChI=1S/C20H19F2N7/c1-9(2)29-10(3)27-18-14(21)4-11(5-16(18)29)17-15(22)8-26-20(28-17)13-6-12(23)7-25-19(13)24/h4-9H,23H2,1-3H3,(H2,24,25). The topological polar surface area (TPSA) is 109 Å². The Kier molecular flexibility index (Phi) is 4.37. The van der Waals surface area contributed by atoms with Crippen LogP contribution in [-0.2, 0) is 0 Å². The fraction of sp³-hybridized carbons (Fsp3) is 0.200. The molecule has 0 amide bonds. The van der Waals surface area contributed by atoms with Gasteiger partial charge in [0, 0.05) is 11.6 Å². The molecule has 4 rings (SSSR count). The summed E-state index contributed by atoms with van der Waals surface area (Å²) in [6.07, 6.45) is 2.43. The van der Waals surface area contributed by atoms with Gasteiger partial charge in [0.05, 0.1) is 29.2 Å². The number of imidazole rings is 1. The summed E-state index contributed by atoms with van der Waals surface area (Å²) >= 11 is 0. The van der Waals surface area contributed by atoms with Crippen molar-refractivity contribution in [3.8, 4) is 22.6 Å². The second-order valence-electron chi connectivity index (χ2n) is 7.04. The van der Waals surface area contributed by atoms with Gasteiger partial charge >= 0.3 is 0 Å². The van der Waals surface area contributed by atoms with Crippen LogP contribution >= 0.6 is 0 Å². The van der Waals surface area contributed by atoms with Gasteiger partial charge in [-0.3, -0.25) is 0 Å². The Morgan fingerprint density at radius 1 is 0.966 bits per heavy atom. The van der Waals surface area contributed by atoms with Gasteiger partial charge in [-0.1, -0.05) is 0 Å². The average Bonchev–Trinajstić information content (AvgIpc) is 3.01. The molecular formula is C20H19F2N7. The highest BCUT2D eigenvalue weighted by atomic mass is 19.1. The van der Waals surface area contributed by atoms with Crippen LogP contribution in [0.4, 0.5) is 20.3 Å². The van der Waals surface area contributed by atoms with E-state index in [0.29, 0.717) is 22.6 Å². The van der Waals surface area contributed by atoms with Crippen LogP contribution < -0.4 is 11.5 Å². The lowest BCUT2D eigenvalue weighted by molar-refractivity contribution is 0.600. The van der Waals surface area contributed by atoms with E-state index < -0.39 is 11.6 Å². The molecule has 0 saturated carbocycles. The van der Waals surface area contributed by atoms with Crippen molar-refractivity contribution in [2.24, 2.45) is 0 Å². The van der Waals surface area contributed by atoms with E-state index in [4.69, 9.17) is 11.5 Å². The third-order valence-corrected chi connectivity index (χ3v) is 4.64. The molecule has 0 spiro atoms. The van der Waals surface area contributed by atoms with Crippen LogP contribution in [0, 0.1) is 18.6 Å². The number of hydrogen-bond donors (Lipinski definition) is 2. The Balaban J connectivity index is 1.94. The number of aromatic nitrogens is 5. The van der Waals surface area contributed by atoms with Crippen molar-refractivity contribution in [1.82, 2.24) is 24.5 Å². The number of anilines is 2. The first-order valence-corrected chi connectivity index (χ1v) is 8.98. The van der Waals surface area contributed by atoms with Crippen molar-refractivity contribution < 1.29 is 8.78 Å². The molecule has 3 heterocycles. The smallest absolute Gasteiger partial charge is 0.167 e. The maximum absolute atomic E-state index is 14.8. The molecule has 1 aromatic carbocycles. The first kappa shape index (κ1) is 18.7. The van der Waals surface area contributed by atoms with E-state index in [1.807, 2.05) is 18.4 Å². The number of nitrogens with two attached hydrogens (primary N) is 2. The highest BCUT2D eigenvalue weighted by molar-refractivity contribution is 5.83. The number of rotatable bonds is 3. The van der Waals surface area contributed by atoms with E-state index in [9.17, 15) is 8.78 Å². The van der Waals surface area contributed by atoms with Gasteiger partial charge in [0.15, 0.2) is 17.5 Å². The van der Waals surface area contributed by atoms with E-state index in [0.717, 1.165) is 6.20 Å². The van der Waals surface area contributed by atoms with E-state index in [2.05, 4.69) is 19.9 Å². The van der Waals surface area contributed by atoms with Gasteiger partial charge in [0.1, 0.15) is 22.9 Å². The highest BCUT2D eigenvalue weighted by Gasteiger charge is 2.19. The number of pyridine rings is 1. The molecule has 0 aliphatic carbocycles. The van der Waals surface area contributed by atoms with Gasteiger partial charge in [-0.05, 0) is 39.0 Å². The second kappa shape index (κ2) is 6.77. The molecule has 0 unspecified atom stereocenters. The first-order valence-electron chi connectivity index (χ1n) is 8.98. The largest absolute Gasteiger partial charge is 0.397 e. The second-order valence-corrected chi connectivity index (χ2v) is 7.04. The molecule has 4 aromatic rings. The Labute approximate surface area is 165 Å². The monoisotopic (exact) mass is 395 g/mol. The molecule has 148 valence electrons. The number of halogens is 2. The van der Waals surface area contributed by atoms with Gasteiger partial charge in [0.2, 0.25) is 0 Å². The van der Waals surface area contributed by atoms with E-state index in [-0.39, 0.29) is 34.5 Å². The van der Waals surface area contributed by atoms with Crippen molar-refractivity contribution >= 4 is 22.5 Å². The van der Waals surface area contributed by atoms with Crippen molar-refractivity contribution in [1.29, 1.82) is 0 Å². The van der Waals surface area contributed by atoms with Crippen molar-refractivity contribution in [2.45, 2.75) is 26.8 Å². The van der Waals surface area contributed by atoms with Gasteiger partial charge in [-0.15, -0.1) is 0 Å². The zero-order valence-corrected chi connectivity index (χ0v) is 16.1. The van der Waals surface area contributed by atoms with Gasteiger partial charge in [-0.25, -0.2) is 28.7 Å². The van der Waals surface area contributed by atoms with Gasteiger partial charge in [-0.2, -0.15) is 0 Å².